The highest BCUT2D eigenvalue weighted by Crippen LogP contribution is 2.30. The van der Waals surface area contributed by atoms with Gasteiger partial charge in [0.05, 0.1) is 0 Å². The van der Waals surface area contributed by atoms with Gasteiger partial charge in [0.25, 0.3) is 0 Å². The summed E-state index contributed by atoms with van der Waals surface area (Å²) in [5.41, 5.74) is 5.52. The molecule has 2 rings (SSSR count). The molecule has 0 nitrogen and oxygen atoms in total. The zero-order valence-electron chi connectivity index (χ0n) is 9.67. The van der Waals surface area contributed by atoms with Crippen LogP contribution in [0.25, 0.3) is 0 Å². The average Bonchev–Trinajstić information content (AvgIpc) is 2.20. The zero-order chi connectivity index (χ0) is 10.8. The minimum absolute atomic E-state index is 1.06. The summed E-state index contributed by atoms with van der Waals surface area (Å²) in [5.74, 6) is 1.38. The molecule has 0 aromatic rings. The van der Waals surface area contributed by atoms with E-state index >= 15 is 0 Å². The van der Waals surface area contributed by atoms with Gasteiger partial charge in [-0.3, -0.25) is 0 Å². The van der Waals surface area contributed by atoms with Gasteiger partial charge in [-0.05, 0) is 31.4 Å². The largest absolute Gasteiger partial charge is 0.0772 e. The number of hydrogen-bond donors (Lipinski definition) is 0. The summed E-state index contributed by atoms with van der Waals surface area (Å²) in [6.45, 7) is 6.48. The quantitative estimate of drug-likeness (QED) is 0.543. The van der Waals surface area contributed by atoms with E-state index in [1.165, 1.54) is 28.2 Å². The van der Waals surface area contributed by atoms with Crippen LogP contribution in [0.4, 0.5) is 0 Å². The van der Waals surface area contributed by atoms with E-state index in [0.717, 1.165) is 6.42 Å². The first-order chi connectivity index (χ1) is 7.16. The molecule has 0 bridgehead atoms. The molecular weight excluding hydrogens is 180 g/mol. The van der Waals surface area contributed by atoms with Crippen molar-refractivity contribution in [2.75, 3.05) is 0 Å². The summed E-state index contributed by atoms with van der Waals surface area (Å²) in [4.78, 5) is 0. The molecule has 0 heterocycles. The third-order valence-corrected chi connectivity index (χ3v) is 2.92. The fourth-order valence-electron chi connectivity index (χ4n) is 2.01. The van der Waals surface area contributed by atoms with E-state index in [9.17, 15) is 0 Å². The minimum Gasteiger partial charge on any atom is -0.0772 e. The first-order valence-corrected chi connectivity index (χ1v) is 5.45. The summed E-state index contributed by atoms with van der Waals surface area (Å²) < 4.78 is 0. The van der Waals surface area contributed by atoms with Crippen LogP contribution in [-0.4, -0.2) is 0 Å². The minimum atomic E-state index is 1.06. The van der Waals surface area contributed by atoms with Gasteiger partial charge in [-0.1, -0.05) is 54.5 Å². The summed E-state index contributed by atoms with van der Waals surface area (Å²) in [6.07, 6.45) is 14.5. The molecule has 15 heavy (non-hydrogen) atoms. The fraction of sp³-hybridized carbons (Fsp3) is 0.267. The summed E-state index contributed by atoms with van der Waals surface area (Å²) in [5, 5.41) is 0. The lowest BCUT2D eigenvalue weighted by Crippen LogP contribution is -2.01. The Kier molecular flexibility index (Phi) is 2.77. The van der Waals surface area contributed by atoms with Gasteiger partial charge < -0.3 is 0 Å². The molecule has 0 N–H and O–H groups in total. The van der Waals surface area contributed by atoms with Crippen molar-refractivity contribution >= 4 is 0 Å². The van der Waals surface area contributed by atoms with Gasteiger partial charge in [0.2, 0.25) is 0 Å². The monoisotopic (exact) mass is 197 g/mol. The highest BCUT2D eigenvalue weighted by Gasteiger charge is 2.12. The van der Waals surface area contributed by atoms with Gasteiger partial charge in [-0.2, -0.15) is 0 Å². The van der Waals surface area contributed by atoms with Gasteiger partial charge in [-0.25, -0.2) is 0 Å². The Morgan fingerprint density at radius 2 is 1.60 bits per heavy atom. The van der Waals surface area contributed by atoms with Crippen molar-refractivity contribution in [3.05, 3.63) is 64.7 Å². The van der Waals surface area contributed by atoms with Crippen LogP contribution in [0, 0.1) is 5.92 Å². The second-order valence-electron chi connectivity index (χ2n) is 4.33. The highest BCUT2D eigenvalue weighted by atomic mass is 14.2. The molecule has 0 aromatic heterocycles. The smallest absolute Gasteiger partial charge is 0.0241 e. The molecule has 0 unspecified atom stereocenters. The zero-order valence-corrected chi connectivity index (χ0v) is 9.67. The Morgan fingerprint density at radius 1 is 0.867 bits per heavy atom. The number of allylic oxidation sites excluding steroid dienone is 10. The average molecular weight is 197 g/mol. The predicted molar refractivity (Wildman–Crippen MR) is 66.4 cm³/mol. The van der Waals surface area contributed by atoms with Gasteiger partial charge >= 0.3 is 0 Å². The lowest BCUT2D eigenvalue weighted by molar-refractivity contribution is 1.12. The molecule has 0 amide bonds. The van der Waals surface area contributed by atoms with Gasteiger partial charge in [0.1, 0.15) is 0 Å². The molecule has 0 aliphatic heterocycles. The maximum Gasteiger partial charge on any atom is 0.0241 e. The summed E-state index contributed by atoms with van der Waals surface area (Å²) in [7, 11) is 0. The van der Waals surface area contributed by atoms with E-state index in [1.807, 2.05) is 0 Å². The van der Waals surface area contributed by atoms with E-state index < -0.39 is 0 Å². The molecule has 0 aromatic carbocycles. The first kappa shape index (κ1) is 10.2. The molecule has 0 heteroatoms. The van der Waals surface area contributed by atoms with Crippen molar-refractivity contribution in [2.24, 2.45) is 0 Å². The molecule has 1 radical (unpaired) electrons. The standard InChI is InChI=1S/C15H17/c1-11-4-7-14(8-5-11)15-9-6-12(2)10-13(15)3/h4-7,9-10H,8H2,1-3H3/b15-14-. The number of hydrogen-bond acceptors (Lipinski definition) is 0. The third-order valence-electron chi connectivity index (χ3n) is 2.92. The topological polar surface area (TPSA) is 0 Å². The Balaban J connectivity index is 2.29. The highest BCUT2D eigenvalue weighted by molar-refractivity contribution is 5.54. The van der Waals surface area contributed by atoms with Crippen molar-refractivity contribution in [1.82, 2.24) is 0 Å². The SMILES string of the molecule is C[C]1C=C(C)C=C/C1=C1\C=CC(C)=CC1. The molecule has 2 aliphatic rings. The summed E-state index contributed by atoms with van der Waals surface area (Å²) in [6, 6.07) is 0. The molecule has 0 atom stereocenters. The van der Waals surface area contributed by atoms with Crippen LogP contribution in [-0.2, 0) is 0 Å². The maximum atomic E-state index is 2.29. The van der Waals surface area contributed by atoms with Crippen LogP contribution in [0.15, 0.2) is 58.7 Å². The molecule has 0 fully saturated rings. The van der Waals surface area contributed by atoms with Gasteiger partial charge in [-0.15, -0.1) is 0 Å². The second-order valence-corrected chi connectivity index (χ2v) is 4.33. The Morgan fingerprint density at radius 3 is 2.20 bits per heavy atom. The van der Waals surface area contributed by atoms with Crippen molar-refractivity contribution < 1.29 is 0 Å². The van der Waals surface area contributed by atoms with Crippen molar-refractivity contribution in [2.45, 2.75) is 27.2 Å². The predicted octanol–water partition coefficient (Wildman–Crippen LogP) is 4.30. The normalized spacial score (nSPS) is 26.6. The van der Waals surface area contributed by atoms with Crippen LogP contribution in [0.3, 0.4) is 0 Å². The lowest BCUT2D eigenvalue weighted by Gasteiger charge is -2.18. The Bertz CT molecular complexity index is 411. The summed E-state index contributed by atoms with van der Waals surface area (Å²) >= 11 is 0. The van der Waals surface area contributed by atoms with E-state index in [-0.39, 0.29) is 0 Å². The fourth-order valence-corrected chi connectivity index (χ4v) is 2.01. The van der Waals surface area contributed by atoms with Crippen molar-refractivity contribution in [1.29, 1.82) is 0 Å². The van der Waals surface area contributed by atoms with E-state index in [1.54, 1.807) is 0 Å². The molecule has 0 saturated heterocycles. The van der Waals surface area contributed by atoms with Gasteiger partial charge in [0, 0.05) is 5.92 Å². The Labute approximate surface area is 92.4 Å². The van der Waals surface area contributed by atoms with Crippen molar-refractivity contribution in [3.63, 3.8) is 0 Å². The van der Waals surface area contributed by atoms with E-state index in [2.05, 4.69) is 57.2 Å². The van der Waals surface area contributed by atoms with Crippen LogP contribution in [0.1, 0.15) is 27.2 Å². The molecule has 77 valence electrons. The van der Waals surface area contributed by atoms with E-state index in [0.29, 0.717) is 0 Å². The maximum absolute atomic E-state index is 2.29. The third kappa shape index (κ3) is 2.20. The number of rotatable bonds is 0. The van der Waals surface area contributed by atoms with Crippen LogP contribution >= 0.6 is 0 Å². The lowest BCUT2D eigenvalue weighted by atomic mass is 9.86. The van der Waals surface area contributed by atoms with Gasteiger partial charge in [0.15, 0.2) is 0 Å². The van der Waals surface area contributed by atoms with E-state index in [4.69, 9.17) is 0 Å². The Hall–Kier alpha value is -1.30. The van der Waals surface area contributed by atoms with Crippen molar-refractivity contribution in [3.8, 4) is 0 Å². The van der Waals surface area contributed by atoms with Crippen LogP contribution in [0.2, 0.25) is 0 Å². The van der Waals surface area contributed by atoms with Crippen LogP contribution < -0.4 is 0 Å². The second kappa shape index (κ2) is 4.06. The molecule has 0 spiro atoms. The molecule has 2 aliphatic carbocycles. The molecule has 0 saturated carbocycles. The first-order valence-electron chi connectivity index (χ1n) is 5.45. The van der Waals surface area contributed by atoms with Crippen LogP contribution in [0.5, 0.6) is 0 Å². The molecular formula is C15H17.